The molecule has 0 aromatic rings. The summed E-state index contributed by atoms with van der Waals surface area (Å²) in [5, 5.41) is 3.63. The highest BCUT2D eigenvalue weighted by atomic mass is 15.1. The maximum absolute atomic E-state index is 5.88. The third-order valence-electron chi connectivity index (χ3n) is 3.76. The Balaban J connectivity index is 1.48. The molecule has 1 aliphatic carbocycles. The van der Waals surface area contributed by atoms with Crippen LogP contribution in [0.2, 0.25) is 0 Å². The van der Waals surface area contributed by atoms with Crippen molar-refractivity contribution in [2.24, 2.45) is 5.73 Å². The van der Waals surface area contributed by atoms with Gasteiger partial charge in [0.1, 0.15) is 0 Å². The molecule has 0 amide bonds. The molecule has 3 N–H and O–H groups in total. The van der Waals surface area contributed by atoms with Crippen molar-refractivity contribution in [2.75, 3.05) is 26.2 Å². The van der Waals surface area contributed by atoms with Gasteiger partial charge in [-0.15, -0.1) is 0 Å². The van der Waals surface area contributed by atoms with E-state index in [-0.39, 0.29) is 0 Å². The van der Waals surface area contributed by atoms with Crippen LogP contribution in [0.15, 0.2) is 0 Å². The van der Waals surface area contributed by atoms with Gasteiger partial charge in [0.25, 0.3) is 0 Å². The van der Waals surface area contributed by atoms with E-state index in [0.717, 1.165) is 0 Å². The van der Waals surface area contributed by atoms with E-state index < -0.39 is 0 Å². The lowest BCUT2D eigenvalue weighted by atomic mass is 10.2. The SMILES string of the molecule is NC1CCC(NCCCN2CCCC2)C1. The number of hydrogen-bond donors (Lipinski definition) is 2. The normalized spacial score (nSPS) is 32.6. The van der Waals surface area contributed by atoms with Crippen LogP contribution >= 0.6 is 0 Å². The Morgan fingerprint density at radius 2 is 2.00 bits per heavy atom. The minimum absolute atomic E-state index is 0.459. The van der Waals surface area contributed by atoms with E-state index in [1.165, 1.54) is 64.7 Å². The van der Waals surface area contributed by atoms with Crippen molar-refractivity contribution in [1.29, 1.82) is 0 Å². The van der Waals surface area contributed by atoms with E-state index in [1.54, 1.807) is 0 Å². The highest BCUT2D eigenvalue weighted by molar-refractivity contribution is 4.82. The van der Waals surface area contributed by atoms with Gasteiger partial charge < -0.3 is 16.0 Å². The van der Waals surface area contributed by atoms with Crippen molar-refractivity contribution in [1.82, 2.24) is 10.2 Å². The number of nitrogens with one attached hydrogen (secondary N) is 1. The standard InChI is InChI=1S/C12H25N3/c13-11-4-5-12(10-11)14-6-3-9-15-7-1-2-8-15/h11-12,14H,1-10,13H2. The van der Waals surface area contributed by atoms with E-state index >= 15 is 0 Å². The zero-order chi connectivity index (χ0) is 10.5. The van der Waals surface area contributed by atoms with E-state index in [1.807, 2.05) is 0 Å². The Morgan fingerprint density at radius 3 is 2.67 bits per heavy atom. The van der Waals surface area contributed by atoms with Gasteiger partial charge in [0.15, 0.2) is 0 Å². The molecule has 3 heteroatoms. The lowest BCUT2D eigenvalue weighted by molar-refractivity contribution is 0.327. The number of likely N-dealkylation sites (tertiary alicyclic amines) is 1. The largest absolute Gasteiger partial charge is 0.328 e. The van der Waals surface area contributed by atoms with Crippen LogP contribution in [0.1, 0.15) is 38.5 Å². The molecule has 2 atom stereocenters. The first-order chi connectivity index (χ1) is 7.34. The summed E-state index contributed by atoms with van der Waals surface area (Å²) in [5.74, 6) is 0. The molecule has 0 bridgehead atoms. The van der Waals surface area contributed by atoms with Crippen LogP contribution in [-0.4, -0.2) is 43.2 Å². The van der Waals surface area contributed by atoms with Crippen molar-refractivity contribution in [3.63, 3.8) is 0 Å². The Bertz CT molecular complexity index is 178. The molecule has 15 heavy (non-hydrogen) atoms. The number of hydrogen-bond acceptors (Lipinski definition) is 3. The summed E-state index contributed by atoms with van der Waals surface area (Å²) in [6.45, 7) is 5.11. The average Bonchev–Trinajstić information content (AvgIpc) is 2.84. The van der Waals surface area contributed by atoms with Crippen LogP contribution in [0.5, 0.6) is 0 Å². The first kappa shape index (κ1) is 11.4. The van der Waals surface area contributed by atoms with Gasteiger partial charge in [-0.3, -0.25) is 0 Å². The fourth-order valence-electron chi connectivity index (χ4n) is 2.82. The third-order valence-corrected chi connectivity index (χ3v) is 3.76. The Morgan fingerprint density at radius 1 is 1.20 bits per heavy atom. The fourth-order valence-corrected chi connectivity index (χ4v) is 2.82. The Kier molecular flexibility index (Phi) is 4.42. The Hall–Kier alpha value is -0.120. The molecule has 1 aliphatic heterocycles. The van der Waals surface area contributed by atoms with Crippen molar-refractivity contribution in [3.05, 3.63) is 0 Å². The predicted molar refractivity (Wildman–Crippen MR) is 63.9 cm³/mol. The highest BCUT2D eigenvalue weighted by Gasteiger charge is 2.20. The minimum atomic E-state index is 0.459. The number of nitrogens with zero attached hydrogens (tertiary/aromatic N) is 1. The van der Waals surface area contributed by atoms with Gasteiger partial charge in [-0.25, -0.2) is 0 Å². The summed E-state index contributed by atoms with van der Waals surface area (Å²) < 4.78 is 0. The molecule has 2 rings (SSSR count). The molecule has 3 nitrogen and oxygen atoms in total. The van der Waals surface area contributed by atoms with Crippen LogP contribution < -0.4 is 11.1 Å². The highest BCUT2D eigenvalue weighted by Crippen LogP contribution is 2.16. The summed E-state index contributed by atoms with van der Waals surface area (Å²) in [5.41, 5.74) is 5.88. The maximum atomic E-state index is 5.88. The Labute approximate surface area is 93.4 Å². The van der Waals surface area contributed by atoms with Crippen LogP contribution in [0.25, 0.3) is 0 Å². The zero-order valence-electron chi connectivity index (χ0n) is 9.75. The molecule has 2 fully saturated rings. The second kappa shape index (κ2) is 5.83. The number of nitrogens with two attached hydrogens (primary N) is 1. The number of rotatable bonds is 5. The summed E-state index contributed by atoms with van der Waals surface area (Å²) in [7, 11) is 0. The molecule has 1 heterocycles. The zero-order valence-corrected chi connectivity index (χ0v) is 9.75. The molecule has 0 radical (unpaired) electrons. The third kappa shape index (κ3) is 3.74. The molecular weight excluding hydrogens is 186 g/mol. The fraction of sp³-hybridized carbons (Fsp3) is 1.00. The van der Waals surface area contributed by atoms with Crippen molar-refractivity contribution in [3.8, 4) is 0 Å². The lowest BCUT2D eigenvalue weighted by Gasteiger charge is -2.16. The van der Waals surface area contributed by atoms with Gasteiger partial charge in [-0.05, 0) is 64.7 Å². The van der Waals surface area contributed by atoms with Crippen LogP contribution in [0, 0.1) is 0 Å². The van der Waals surface area contributed by atoms with Crippen molar-refractivity contribution < 1.29 is 0 Å². The second-order valence-electron chi connectivity index (χ2n) is 5.13. The first-order valence-corrected chi connectivity index (χ1v) is 6.56. The summed E-state index contributed by atoms with van der Waals surface area (Å²) in [6, 6.07) is 1.17. The van der Waals surface area contributed by atoms with Gasteiger partial charge in [0.2, 0.25) is 0 Å². The van der Waals surface area contributed by atoms with Crippen LogP contribution in [0.4, 0.5) is 0 Å². The second-order valence-corrected chi connectivity index (χ2v) is 5.13. The summed E-state index contributed by atoms with van der Waals surface area (Å²) >= 11 is 0. The smallest absolute Gasteiger partial charge is 0.00823 e. The van der Waals surface area contributed by atoms with Gasteiger partial charge in [-0.1, -0.05) is 0 Å². The van der Waals surface area contributed by atoms with E-state index in [9.17, 15) is 0 Å². The van der Waals surface area contributed by atoms with Gasteiger partial charge in [-0.2, -0.15) is 0 Å². The van der Waals surface area contributed by atoms with Crippen molar-refractivity contribution in [2.45, 2.75) is 50.6 Å². The molecule has 1 saturated heterocycles. The molecule has 2 unspecified atom stereocenters. The van der Waals surface area contributed by atoms with Gasteiger partial charge in [0.05, 0.1) is 0 Å². The van der Waals surface area contributed by atoms with Crippen LogP contribution in [-0.2, 0) is 0 Å². The van der Waals surface area contributed by atoms with E-state index in [0.29, 0.717) is 12.1 Å². The summed E-state index contributed by atoms with van der Waals surface area (Å²) in [6.07, 6.45) is 7.79. The van der Waals surface area contributed by atoms with E-state index in [4.69, 9.17) is 5.73 Å². The van der Waals surface area contributed by atoms with E-state index in [2.05, 4.69) is 10.2 Å². The van der Waals surface area contributed by atoms with Gasteiger partial charge in [0, 0.05) is 12.1 Å². The average molecular weight is 211 g/mol. The molecule has 88 valence electrons. The molecule has 2 aliphatic rings. The maximum Gasteiger partial charge on any atom is 0.00823 e. The molecule has 0 aromatic heterocycles. The monoisotopic (exact) mass is 211 g/mol. The first-order valence-electron chi connectivity index (χ1n) is 6.56. The summed E-state index contributed by atoms with van der Waals surface area (Å²) in [4.78, 5) is 2.59. The van der Waals surface area contributed by atoms with Gasteiger partial charge >= 0.3 is 0 Å². The molecule has 0 spiro atoms. The minimum Gasteiger partial charge on any atom is -0.328 e. The molecule has 0 aromatic carbocycles. The van der Waals surface area contributed by atoms with Crippen LogP contribution in [0.3, 0.4) is 0 Å². The lowest BCUT2D eigenvalue weighted by Crippen LogP contribution is -2.31. The molecular formula is C12H25N3. The quantitative estimate of drug-likeness (QED) is 0.665. The van der Waals surface area contributed by atoms with Crippen molar-refractivity contribution >= 4 is 0 Å². The topological polar surface area (TPSA) is 41.3 Å². The molecule has 1 saturated carbocycles. The predicted octanol–water partition coefficient (Wildman–Crippen LogP) is 0.942.